The number of piperazine rings is 1. The smallest absolute Gasteiger partial charge is 0.0473 e. The van der Waals surface area contributed by atoms with Gasteiger partial charge in [-0.05, 0) is 51.6 Å². The van der Waals surface area contributed by atoms with Gasteiger partial charge < -0.3 is 10.0 Å². The van der Waals surface area contributed by atoms with E-state index in [9.17, 15) is 5.11 Å². The molecule has 1 heterocycles. The molecular weight excluding hydrogens is 304 g/mol. The maximum atomic E-state index is 9.21. The Morgan fingerprint density at radius 3 is 2.53 bits per heavy atom. The summed E-state index contributed by atoms with van der Waals surface area (Å²) in [5.74, 6) is 0. The first kappa shape index (κ1) is 14.8. The number of halogens is 1. The predicted octanol–water partition coefficient (Wildman–Crippen LogP) is 2.73. The van der Waals surface area contributed by atoms with Crippen molar-refractivity contribution < 1.29 is 5.11 Å². The lowest BCUT2D eigenvalue weighted by Crippen LogP contribution is -2.62. The summed E-state index contributed by atoms with van der Waals surface area (Å²) >= 11 is 3.48. The molecular formula is C15H23BrN2O. The van der Waals surface area contributed by atoms with Crippen molar-refractivity contribution >= 4 is 21.6 Å². The summed E-state index contributed by atoms with van der Waals surface area (Å²) in [4.78, 5) is 4.82. The highest BCUT2D eigenvalue weighted by Gasteiger charge is 2.37. The Balaban J connectivity index is 2.23. The molecule has 2 rings (SSSR count). The fourth-order valence-corrected chi connectivity index (χ4v) is 3.22. The van der Waals surface area contributed by atoms with Crippen LogP contribution in [0.2, 0.25) is 0 Å². The predicted molar refractivity (Wildman–Crippen MR) is 83.7 cm³/mol. The van der Waals surface area contributed by atoms with E-state index in [4.69, 9.17) is 0 Å². The second-order valence-electron chi connectivity index (χ2n) is 5.98. The molecule has 4 heteroatoms. The number of hydrogen-bond donors (Lipinski definition) is 1. The Bertz CT molecular complexity index is 419. The van der Waals surface area contributed by atoms with Gasteiger partial charge in [-0.2, -0.15) is 0 Å². The van der Waals surface area contributed by atoms with Crippen LogP contribution >= 0.6 is 15.9 Å². The van der Waals surface area contributed by atoms with E-state index in [0.717, 1.165) is 24.0 Å². The number of aliphatic hydroxyl groups is 1. The van der Waals surface area contributed by atoms with Gasteiger partial charge in [-0.25, -0.2) is 0 Å². The van der Waals surface area contributed by atoms with E-state index < -0.39 is 0 Å². The van der Waals surface area contributed by atoms with E-state index in [1.165, 1.54) is 5.69 Å². The van der Waals surface area contributed by atoms with Crippen LogP contribution in [-0.2, 0) is 0 Å². The van der Waals surface area contributed by atoms with E-state index in [2.05, 4.69) is 70.9 Å². The van der Waals surface area contributed by atoms with E-state index in [0.29, 0.717) is 6.04 Å². The monoisotopic (exact) mass is 326 g/mol. The minimum atomic E-state index is 0.106. The molecule has 1 atom stereocenters. The van der Waals surface area contributed by atoms with Gasteiger partial charge in [-0.3, -0.25) is 4.90 Å². The van der Waals surface area contributed by atoms with Crippen molar-refractivity contribution in [2.24, 2.45) is 0 Å². The quantitative estimate of drug-likeness (QED) is 0.925. The van der Waals surface area contributed by atoms with Gasteiger partial charge in [0, 0.05) is 41.4 Å². The summed E-state index contributed by atoms with van der Waals surface area (Å²) in [6.07, 6.45) is 0.833. The van der Waals surface area contributed by atoms with Crippen molar-refractivity contribution in [1.82, 2.24) is 4.90 Å². The first-order valence-electron chi connectivity index (χ1n) is 6.78. The van der Waals surface area contributed by atoms with Gasteiger partial charge in [0.1, 0.15) is 0 Å². The molecule has 0 aromatic heterocycles. The van der Waals surface area contributed by atoms with Gasteiger partial charge >= 0.3 is 0 Å². The molecule has 1 aromatic carbocycles. The van der Waals surface area contributed by atoms with E-state index >= 15 is 0 Å². The summed E-state index contributed by atoms with van der Waals surface area (Å²) in [5, 5.41) is 9.21. The molecule has 0 radical (unpaired) electrons. The maximum Gasteiger partial charge on any atom is 0.0473 e. The van der Waals surface area contributed by atoms with Crippen LogP contribution in [0.1, 0.15) is 20.3 Å². The number of rotatable bonds is 3. The third kappa shape index (κ3) is 3.30. The molecule has 0 saturated carbocycles. The van der Waals surface area contributed by atoms with Crippen molar-refractivity contribution in [2.75, 3.05) is 31.6 Å². The molecule has 0 amide bonds. The summed E-state index contributed by atoms with van der Waals surface area (Å²) in [5.41, 5.74) is 1.36. The van der Waals surface area contributed by atoms with Gasteiger partial charge in [0.15, 0.2) is 0 Å². The van der Waals surface area contributed by atoms with Gasteiger partial charge in [0.05, 0.1) is 0 Å². The average molecular weight is 327 g/mol. The minimum Gasteiger partial charge on any atom is -0.396 e. The Morgan fingerprint density at radius 2 is 1.95 bits per heavy atom. The number of anilines is 1. The Morgan fingerprint density at radius 1 is 1.32 bits per heavy atom. The minimum absolute atomic E-state index is 0.106. The number of likely N-dealkylation sites (N-methyl/N-ethyl adjacent to an activating group) is 1. The van der Waals surface area contributed by atoms with Crippen LogP contribution in [-0.4, -0.2) is 48.3 Å². The van der Waals surface area contributed by atoms with Gasteiger partial charge in [0.2, 0.25) is 0 Å². The molecule has 106 valence electrons. The second kappa shape index (κ2) is 5.81. The molecule has 1 fully saturated rings. The van der Waals surface area contributed by atoms with Crippen molar-refractivity contribution in [1.29, 1.82) is 0 Å². The van der Waals surface area contributed by atoms with Crippen LogP contribution in [0.3, 0.4) is 0 Å². The van der Waals surface area contributed by atoms with Crippen LogP contribution in [0, 0.1) is 0 Å². The molecule has 0 bridgehead atoms. The Labute approximate surface area is 124 Å². The fourth-order valence-electron chi connectivity index (χ4n) is 2.96. The lowest BCUT2D eigenvalue weighted by atomic mass is 9.94. The summed E-state index contributed by atoms with van der Waals surface area (Å²) < 4.78 is 1.11. The molecule has 0 aliphatic carbocycles. The first-order chi connectivity index (χ1) is 8.94. The zero-order valence-corrected chi connectivity index (χ0v) is 13.5. The van der Waals surface area contributed by atoms with Gasteiger partial charge in [-0.15, -0.1) is 0 Å². The Hall–Kier alpha value is -0.580. The van der Waals surface area contributed by atoms with Crippen LogP contribution < -0.4 is 4.90 Å². The highest BCUT2D eigenvalue weighted by atomic mass is 79.9. The molecule has 3 nitrogen and oxygen atoms in total. The lowest BCUT2D eigenvalue weighted by molar-refractivity contribution is 0.125. The average Bonchev–Trinajstić information content (AvgIpc) is 2.33. The maximum absolute atomic E-state index is 9.21. The van der Waals surface area contributed by atoms with E-state index in [1.807, 2.05) is 0 Å². The molecule has 1 N–H and O–H groups in total. The number of hydrogen-bond acceptors (Lipinski definition) is 3. The third-order valence-corrected chi connectivity index (χ3v) is 4.51. The largest absolute Gasteiger partial charge is 0.396 e. The normalized spacial score (nSPS) is 23.6. The number of benzene rings is 1. The second-order valence-corrected chi connectivity index (χ2v) is 6.90. The van der Waals surface area contributed by atoms with Crippen LogP contribution in [0.4, 0.5) is 5.69 Å². The molecule has 1 saturated heterocycles. The van der Waals surface area contributed by atoms with Crippen LogP contribution in [0.5, 0.6) is 0 Å². The molecule has 1 aromatic rings. The van der Waals surface area contributed by atoms with E-state index in [1.54, 1.807) is 0 Å². The highest BCUT2D eigenvalue weighted by Crippen LogP contribution is 2.31. The standard InChI is InChI=1S/C15H23BrN2O/c1-15(2)11-17(3)14(8-9-19)10-18(15)13-6-4-12(16)5-7-13/h4-7,14,19H,8-11H2,1-3H3. The topological polar surface area (TPSA) is 26.7 Å². The molecule has 19 heavy (non-hydrogen) atoms. The van der Waals surface area contributed by atoms with Crippen molar-refractivity contribution in [3.8, 4) is 0 Å². The lowest BCUT2D eigenvalue weighted by Gasteiger charge is -2.51. The summed E-state index contributed by atoms with van der Waals surface area (Å²) in [6, 6.07) is 8.91. The van der Waals surface area contributed by atoms with E-state index in [-0.39, 0.29) is 12.1 Å². The van der Waals surface area contributed by atoms with Crippen molar-refractivity contribution in [2.45, 2.75) is 31.8 Å². The summed E-state index contributed by atoms with van der Waals surface area (Å²) in [7, 11) is 2.15. The first-order valence-corrected chi connectivity index (χ1v) is 7.57. The highest BCUT2D eigenvalue weighted by molar-refractivity contribution is 9.10. The molecule has 1 aliphatic rings. The SMILES string of the molecule is CN1CC(C)(C)N(c2ccc(Br)cc2)CC1CCO. The van der Waals surface area contributed by atoms with Crippen molar-refractivity contribution in [3.05, 3.63) is 28.7 Å². The number of nitrogens with zero attached hydrogens (tertiary/aromatic N) is 2. The van der Waals surface area contributed by atoms with Gasteiger partial charge in [0.25, 0.3) is 0 Å². The fraction of sp³-hybridized carbons (Fsp3) is 0.600. The third-order valence-electron chi connectivity index (χ3n) is 3.98. The Kier molecular flexibility index (Phi) is 4.54. The van der Waals surface area contributed by atoms with Crippen LogP contribution in [0.25, 0.3) is 0 Å². The van der Waals surface area contributed by atoms with Crippen LogP contribution in [0.15, 0.2) is 28.7 Å². The molecule has 0 spiro atoms. The molecule has 1 aliphatic heterocycles. The number of aliphatic hydroxyl groups excluding tert-OH is 1. The molecule has 1 unspecified atom stereocenters. The van der Waals surface area contributed by atoms with Gasteiger partial charge in [-0.1, -0.05) is 15.9 Å². The zero-order chi connectivity index (χ0) is 14.0. The zero-order valence-electron chi connectivity index (χ0n) is 11.9. The summed E-state index contributed by atoms with van der Waals surface area (Å²) in [6.45, 7) is 6.78. The van der Waals surface area contributed by atoms with Crippen molar-refractivity contribution in [3.63, 3.8) is 0 Å².